The molecular formula is C8H7IO2S. The van der Waals surface area contributed by atoms with Gasteiger partial charge in [0.1, 0.15) is 0 Å². The molecule has 1 rings (SSSR count). The van der Waals surface area contributed by atoms with Crippen molar-refractivity contribution in [3.63, 3.8) is 0 Å². The van der Waals surface area contributed by atoms with Crippen LogP contribution in [0.2, 0.25) is 0 Å². The molecule has 2 nitrogen and oxygen atoms in total. The van der Waals surface area contributed by atoms with E-state index in [4.69, 9.17) is 0 Å². The SMILES string of the molecule is O=S(=O)(I)/C=C/c1ccccc1. The zero-order chi connectivity index (χ0) is 9.03. The van der Waals surface area contributed by atoms with E-state index in [2.05, 4.69) is 0 Å². The van der Waals surface area contributed by atoms with Gasteiger partial charge in [-0.2, -0.15) is 0 Å². The van der Waals surface area contributed by atoms with Crippen LogP contribution in [0.5, 0.6) is 0 Å². The van der Waals surface area contributed by atoms with Gasteiger partial charge >= 0.3 is 0 Å². The summed E-state index contributed by atoms with van der Waals surface area (Å²) >= 11 is 1.39. The zero-order valence-electron chi connectivity index (χ0n) is 6.14. The third-order valence-corrected chi connectivity index (χ3v) is 2.56. The van der Waals surface area contributed by atoms with Crippen molar-refractivity contribution >= 4 is 34.3 Å². The summed E-state index contributed by atoms with van der Waals surface area (Å²) in [5.41, 5.74) is 0.887. The van der Waals surface area contributed by atoms with Crippen LogP contribution in [0, 0.1) is 0 Å². The van der Waals surface area contributed by atoms with Crippen molar-refractivity contribution in [1.82, 2.24) is 0 Å². The van der Waals surface area contributed by atoms with Gasteiger partial charge in [0.25, 0.3) is 0 Å². The van der Waals surface area contributed by atoms with E-state index in [0.717, 1.165) is 5.56 Å². The van der Waals surface area contributed by atoms with Gasteiger partial charge < -0.3 is 0 Å². The molecule has 0 aliphatic rings. The Labute approximate surface area is 83.8 Å². The summed E-state index contributed by atoms with van der Waals surface area (Å²) in [6.45, 7) is 0. The van der Waals surface area contributed by atoms with Crippen molar-refractivity contribution in [2.45, 2.75) is 0 Å². The van der Waals surface area contributed by atoms with E-state index < -0.39 is 7.01 Å². The van der Waals surface area contributed by atoms with Crippen LogP contribution in [0.1, 0.15) is 5.56 Å². The number of benzene rings is 1. The number of hydrogen-bond acceptors (Lipinski definition) is 2. The average Bonchev–Trinajstić information content (AvgIpc) is 2.02. The van der Waals surface area contributed by atoms with Crippen molar-refractivity contribution in [1.29, 1.82) is 0 Å². The lowest BCUT2D eigenvalue weighted by atomic mass is 10.2. The highest BCUT2D eigenvalue weighted by atomic mass is 127. The minimum atomic E-state index is -3.03. The molecule has 0 saturated carbocycles. The van der Waals surface area contributed by atoms with Gasteiger partial charge in [-0.15, -0.1) is 0 Å². The zero-order valence-corrected chi connectivity index (χ0v) is 9.12. The predicted molar refractivity (Wildman–Crippen MR) is 58.4 cm³/mol. The van der Waals surface area contributed by atoms with E-state index in [1.807, 2.05) is 30.3 Å². The van der Waals surface area contributed by atoms with Gasteiger partial charge in [-0.1, -0.05) is 30.3 Å². The summed E-state index contributed by atoms with van der Waals surface area (Å²) in [5.74, 6) is 0. The fraction of sp³-hybridized carbons (Fsp3) is 0. The van der Waals surface area contributed by atoms with Gasteiger partial charge in [-0.05, 0) is 11.6 Å². The lowest BCUT2D eigenvalue weighted by Crippen LogP contribution is -1.77. The molecule has 64 valence electrons. The molecule has 0 aromatic heterocycles. The molecule has 0 saturated heterocycles. The number of rotatable bonds is 2. The van der Waals surface area contributed by atoms with Crippen molar-refractivity contribution in [3.8, 4) is 0 Å². The molecule has 0 unspecified atom stereocenters. The molecule has 0 bridgehead atoms. The van der Waals surface area contributed by atoms with Crippen molar-refractivity contribution in [2.24, 2.45) is 0 Å². The first kappa shape index (κ1) is 9.73. The van der Waals surface area contributed by atoms with Crippen LogP contribution in [0.3, 0.4) is 0 Å². The van der Waals surface area contributed by atoms with Crippen LogP contribution in [0.25, 0.3) is 6.08 Å². The predicted octanol–water partition coefficient (Wildman–Crippen LogP) is 2.42. The monoisotopic (exact) mass is 294 g/mol. The first-order chi connectivity index (χ1) is 5.58. The van der Waals surface area contributed by atoms with Crippen molar-refractivity contribution in [3.05, 3.63) is 41.3 Å². The van der Waals surface area contributed by atoms with E-state index in [1.54, 1.807) is 6.08 Å². The third kappa shape index (κ3) is 3.87. The van der Waals surface area contributed by atoms with E-state index in [1.165, 1.54) is 26.6 Å². The van der Waals surface area contributed by atoms with Crippen molar-refractivity contribution in [2.75, 3.05) is 0 Å². The quantitative estimate of drug-likeness (QED) is 0.620. The molecule has 0 fully saturated rings. The Morgan fingerprint density at radius 2 is 1.75 bits per heavy atom. The Hall–Kier alpha value is -0.360. The van der Waals surface area contributed by atoms with E-state index in [0.29, 0.717) is 0 Å². The van der Waals surface area contributed by atoms with E-state index in [-0.39, 0.29) is 0 Å². The van der Waals surface area contributed by atoms with Crippen LogP contribution in [0.4, 0.5) is 0 Å². The molecule has 0 radical (unpaired) electrons. The molecule has 1 aromatic carbocycles. The normalized spacial score (nSPS) is 12.1. The second kappa shape index (κ2) is 4.04. The molecule has 0 aliphatic carbocycles. The van der Waals surface area contributed by atoms with Gasteiger partial charge in [0.05, 0.1) is 21.2 Å². The summed E-state index contributed by atoms with van der Waals surface area (Å²) in [6.07, 6.45) is 1.57. The second-order valence-electron chi connectivity index (χ2n) is 2.19. The smallest absolute Gasteiger partial charge is 0.214 e. The maximum Gasteiger partial charge on any atom is 0.224 e. The molecule has 0 amide bonds. The Morgan fingerprint density at radius 1 is 1.17 bits per heavy atom. The van der Waals surface area contributed by atoms with Gasteiger partial charge in [0, 0.05) is 5.41 Å². The Morgan fingerprint density at radius 3 is 2.25 bits per heavy atom. The topological polar surface area (TPSA) is 34.1 Å². The molecule has 0 aliphatic heterocycles. The van der Waals surface area contributed by atoms with Gasteiger partial charge in [-0.3, -0.25) is 0 Å². The molecule has 4 heteroatoms. The minimum Gasteiger partial charge on any atom is -0.214 e. The highest BCUT2D eigenvalue weighted by Gasteiger charge is 1.94. The first-order valence-corrected chi connectivity index (χ1v) is 7.35. The fourth-order valence-corrected chi connectivity index (χ4v) is 1.48. The molecule has 0 spiro atoms. The van der Waals surface area contributed by atoms with Crippen LogP contribution in [-0.4, -0.2) is 8.42 Å². The second-order valence-corrected chi connectivity index (χ2v) is 7.10. The molecule has 0 heterocycles. The minimum absolute atomic E-state index is 0.887. The van der Waals surface area contributed by atoms with E-state index in [9.17, 15) is 8.42 Å². The maximum absolute atomic E-state index is 10.7. The number of hydrogen-bond donors (Lipinski definition) is 0. The summed E-state index contributed by atoms with van der Waals surface area (Å²) in [7, 11) is -3.03. The fourth-order valence-electron chi connectivity index (χ4n) is 0.724. The van der Waals surface area contributed by atoms with Crippen LogP contribution >= 0.6 is 21.2 Å². The molecule has 1 aromatic rings. The lowest BCUT2D eigenvalue weighted by molar-refractivity contribution is 0.620. The third-order valence-electron chi connectivity index (χ3n) is 1.22. The molecule has 0 N–H and O–H groups in total. The standard InChI is InChI=1S/C8H7IO2S/c9-12(10,11)7-6-8-4-2-1-3-5-8/h1-7H/b7-6+. The summed E-state index contributed by atoms with van der Waals surface area (Å²) in [6, 6.07) is 9.30. The van der Waals surface area contributed by atoms with E-state index >= 15 is 0 Å². The van der Waals surface area contributed by atoms with Crippen LogP contribution < -0.4 is 0 Å². The Kier molecular flexibility index (Phi) is 3.28. The molecule has 0 atom stereocenters. The Balaban J connectivity index is 2.85. The van der Waals surface area contributed by atoms with Gasteiger partial charge in [0.15, 0.2) is 0 Å². The van der Waals surface area contributed by atoms with Gasteiger partial charge in [0.2, 0.25) is 7.01 Å². The largest absolute Gasteiger partial charge is 0.224 e. The highest BCUT2D eigenvalue weighted by Crippen LogP contribution is 2.07. The Bertz CT molecular complexity index is 367. The summed E-state index contributed by atoms with van der Waals surface area (Å²) < 4.78 is 21.4. The lowest BCUT2D eigenvalue weighted by Gasteiger charge is -1.88. The average molecular weight is 294 g/mol. The molecule has 12 heavy (non-hydrogen) atoms. The summed E-state index contributed by atoms with van der Waals surface area (Å²) in [4.78, 5) is 0. The highest BCUT2D eigenvalue weighted by molar-refractivity contribution is 14.2. The van der Waals surface area contributed by atoms with Crippen LogP contribution in [0.15, 0.2) is 35.7 Å². The van der Waals surface area contributed by atoms with Gasteiger partial charge in [-0.25, -0.2) is 8.42 Å². The van der Waals surface area contributed by atoms with Crippen LogP contribution in [-0.2, 0) is 7.01 Å². The molecular weight excluding hydrogens is 287 g/mol. The number of halogens is 1. The maximum atomic E-state index is 10.7. The summed E-state index contributed by atoms with van der Waals surface area (Å²) in [5, 5.41) is 1.18. The van der Waals surface area contributed by atoms with Crippen molar-refractivity contribution < 1.29 is 8.42 Å². The first-order valence-electron chi connectivity index (χ1n) is 3.26.